The summed E-state index contributed by atoms with van der Waals surface area (Å²) in [6.07, 6.45) is 1.07. The molecular formula is C14H14N4. The van der Waals surface area contributed by atoms with E-state index in [1.807, 2.05) is 30.3 Å². The summed E-state index contributed by atoms with van der Waals surface area (Å²) in [5, 5.41) is 23.0. The lowest BCUT2D eigenvalue weighted by Crippen LogP contribution is -2.35. The summed E-state index contributed by atoms with van der Waals surface area (Å²) in [4.78, 5) is 0. The lowest BCUT2D eigenvalue weighted by molar-refractivity contribution is 0.0383. The van der Waals surface area contributed by atoms with Gasteiger partial charge in [-0.1, -0.05) is 30.3 Å². The molecule has 0 radical (unpaired) electrons. The van der Waals surface area contributed by atoms with Gasteiger partial charge in [-0.15, -0.1) is 0 Å². The summed E-state index contributed by atoms with van der Waals surface area (Å²) in [6.45, 7) is 1.83. The third-order valence-electron chi connectivity index (χ3n) is 3.85. The van der Waals surface area contributed by atoms with Crippen LogP contribution in [-0.4, -0.2) is 29.1 Å². The third kappa shape index (κ3) is 1.51. The fourth-order valence-corrected chi connectivity index (χ4v) is 3.11. The number of rotatable bonds is 1. The van der Waals surface area contributed by atoms with E-state index in [1.165, 1.54) is 0 Å². The molecule has 4 heteroatoms. The van der Waals surface area contributed by atoms with Crippen molar-refractivity contribution in [1.29, 1.82) is 10.5 Å². The Kier molecular flexibility index (Phi) is 2.76. The van der Waals surface area contributed by atoms with E-state index in [4.69, 9.17) is 0 Å². The molecule has 1 aromatic carbocycles. The van der Waals surface area contributed by atoms with Gasteiger partial charge in [0, 0.05) is 13.1 Å². The molecule has 2 saturated heterocycles. The number of hydrogen-bond donors (Lipinski definition) is 0. The maximum atomic E-state index is 9.40. The van der Waals surface area contributed by atoms with Crippen LogP contribution in [0.3, 0.4) is 0 Å². The fraction of sp³-hybridized carbons (Fsp3) is 0.429. The minimum Gasteiger partial charge on any atom is -0.232 e. The van der Waals surface area contributed by atoms with Gasteiger partial charge >= 0.3 is 0 Å². The highest BCUT2D eigenvalue weighted by atomic mass is 15.7. The highest BCUT2D eigenvalue weighted by Crippen LogP contribution is 2.42. The Bertz CT molecular complexity index is 513. The average Bonchev–Trinajstić information content (AvgIpc) is 2.98. The summed E-state index contributed by atoms with van der Waals surface area (Å²) in [6, 6.07) is 14.4. The largest absolute Gasteiger partial charge is 0.232 e. The SMILES string of the molecule is N#C[C@@H]1[C@@H](c2ccccc2)N2CCCN2[C@H]1C#N. The Morgan fingerprint density at radius 3 is 2.39 bits per heavy atom. The summed E-state index contributed by atoms with van der Waals surface area (Å²) in [5.74, 6) is -0.266. The zero-order chi connectivity index (χ0) is 12.5. The van der Waals surface area contributed by atoms with Crippen molar-refractivity contribution in [2.75, 3.05) is 13.1 Å². The predicted molar refractivity (Wildman–Crippen MR) is 65.7 cm³/mol. The van der Waals surface area contributed by atoms with E-state index in [0.717, 1.165) is 25.1 Å². The highest BCUT2D eigenvalue weighted by molar-refractivity contribution is 5.27. The second-order valence-electron chi connectivity index (χ2n) is 4.76. The van der Waals surface area contributed by atoms with Gasteiger partial charge in [-0.2, -0.15) is 10.5 Å². The summed E-state index contributed by atoms with van der Waals surface area (Å²) < 4.78 is 0. The van der Waals surface area contributed by atoms with Crippen LogP contribution in [-0.2, 0) is 0 Å². The molecule has 2 heterocycles. The first-order valence-corrected chi connectivity index (χ1v) is 6.24. The van der Waals surface area contributed by atoms with E-state index in [2.05, 4.69) is 22.2 Å². The molecule has 0 aromatic heterocycles. The Hall–Kier alpha value is -1.88. The van der Waals surface area contributed by atoms with E-state index in [9.17, 15) is 10.5 Å². The molecule has 18 heavy (non-hydrogen) atoms. The van der Waals surface area contributed by atoms with Crippen molar-refractivity contribution in [1.82, 2.24) is 10.0 Å². The van der Waals surface area contributed by atoms with Crippen LogP contribution in [0.1, 0.15) is 18.0 Å². The van der Waals surface area contributed by atoms with Crippen molar-refractivity contribution < 1.29 is 0 Å². The van der Waals surface area contributed by atoms with Crippen LogP contribution >= 0.6 is 0 Å². The first-order chi connectivity index (χ1) is 8.86. The van der Waals surface area contributed by atoms with Crippen molar-refractivity contribution in [3.05, 3.63) is 35.9 Å². The van der Waals surface area contributed by atoms with Gasteiger partial charge in [0.05, 0.1) is 24.1 Å². The van der Waals surface area contributed by atoms with Crippen molar-refractivity contribution in [3.63, 3.8) is 0 Å². The van der Waals surface area contributed by atoms with Gasteiger partial charge in [-0.25, -0.2) is 10.0 Å². The van der Waals surface area contributed by atoms with Crippen LogP contribution in [0.25, 0.3) is 0 Å². The van der Waals surface area contributed by atoms with Crippen LogP contribution in [0, 0.1) is 28.6 Å². The molecule has 3 rings (SSSR count). The quantitative estimate of drug-likeness (QED) is 0.747. The Morgan fingerprint density at radius 2 is 1.72 bits per heavy atom. The van der Waals surface area contributed by atoms with Crippen molar-refractivity contribution in [2.24, 2.45) is 5.92 Å². The molecule has 2 aliphatic rings. The van der Waals surface area contributed by atoms with Gasteiger partial charge < -0.3 is 0 Å². The van der Waals surface area contributed by atoms with Gasteiger partial charge in [0.25, 0.3) is 0 Å². The molecule has 1 aromatic rings. The van der Waals surface area contributed by atoms with E-state index in [0.29, 0.717) is 0 Å². The summed E-state index contributed by atoms with van der Waals surface area (Å²) in [7, 11) is 0. The summed E-state index contributed by atoms with van der Waals surface area (Å²) in [5.41, 5.74) is 1.13. The Labute approximate surface area is 107 Å². The molecule has 0 spiro atoms. The van der Waals surface area contributed by atoms with Crippen LogP contribution in [0.4, 0.5) is 0 Å². The van der Waals surface area contributed by atoms with Gasteiger partial charge in [0.1, 0.15) is 6.04 Å². The monoisotopic (exact) mass is 238 g/mol. The minimum absolute atomic E-state index is 0.0309. The first kappa shape index (κ1) is 11.2. The molecular weight excluding hydrogens is 224 g/mol. The minimum atomic E-state index is -0.303. The second kappa shape index (κ2) is 4.42. The van der Waals surface area contributed by atoms with E-state index >= 15 is 0 Å². The van der Waals surface area contributed by atoms with Gasteiger partial charge in [-0.05, 0) is 12.0 Å². The lowest BCUT2D eigenvalue weighted by atomic mass is 9.90. The predicted octanol–water partition coefficient (Wildman–Crippen LogP) is 1.70. The lowest BCUT2D eigenvalue weighted by Gasteiger charge is -2.25. The topological polar surface area (TPSA) is 54.1 Å². The zero-order valence-corrected chi connectivity index (χ0v) is 10.0. The van der Waals surface area contributed by atoms with E-state index in [-0.39, 0.29) is 18.0 Å². The maximum absolute atomic E-state index is 9.40. The number of nitriles is 2. The molecule has 3 atom stereocenters. The van der Waals surface area contributed by atoms with E-state index in [1.54, 1.807) is 0 Å². The third-order valence-corrected chi connectivity index (χ3v) is 3.85. The average molecular weight is 238 g/mol. The molecule has 0 amide bonds. The second-order valence-corrected chi connectivity index (χ2v) is 4.76. The van der Waals surface area contributed by atoms with Crippen LogP contribution < -0.4 is 0 Å². The number of hydrogen-bond acceptors (Lipinski definition) is 4. The fourth-order valence-electron chi connectivity index (χ4n) is 3.11. The number of fused-ring (bicyclic) bond motifs is 1. The first-order valence-electron chi connectivity index (χ1n) is 6.24. The number of benzene rings is 1. The Balaban J connectivity index is 2.02. The van der Waals surface area contributed by atoms with Gasteiger partial charge in [-0.3, -0.25) is 0 Å². The van der Waals surface area contributed by atoms with Crippen molar-refractivity contribution in [3.8, 4) is 12.1 Å². The molecule has 0 saturated carbocycles. The van der Waals surface area contributed by atoms with Crippen molar-refractivity contribution in [2.45, 2.75) is 18.5 Å². The summed E-state index contributed by atoms with van der Waals surface area (Å²) >= 11 is 0. The molecule has 0 N–H and O–H groups in total. The standard InChI is InChI=1S/C14H14N4/c15-9-12-13(10-16)17-7-4-8-18(17)14(12)11-5-2-1-3-6-11/h1-3,5-6,12-14H,4,7-8H2/t12-,13-,14+/m0/s1. The van der Waals surface area contributed by atoms with Crippen molar-refractivity contribution >= 4 is 0 Å². The van der Waals surface area contributed by atoms with Gasteiger partial charge in [0.15, 0.2) is 0 Å². The molecule has 90 valence electrons. The molecule has 0 unspecified atom stereocenters. The molecule has 0 bridgehead atoms. The maximum Gasteiger partial charge on any atom is 0.129 e. The highest BCUT2D eigenvalue weighted by Gasteiger charge is 2.50. The van der Waals surface area contributed by atoms with Crippen LogP contribution in [0.15, 0.2) is 30.3 Å². The molecule has 2 fully saturated rings. The molecule has 2 aliphatic heterocycles. The molecule has 0 aliphatic carbocycles. The zero-order valence-electron chi connectivity index (χ0n) is 10.0. The normalized spacial score (nSPS) is 31.8. The van der Waals surface area contributed by atoms with Crippen LogP contribution in [0.5, 0.6) is 0 Å². The Morgan fingerprint density at radius 1 is 1.00 bits per heavy atom. The molecule has 4 nitrogen and oxygen atoms in total. The van der Waals surface area contributed by atoms with E-state index < -0.39 is 0 Å². The number of nitrogens with zero attached hydrogens (tertiary/aromatic N) is 4. The van der Waals surface area contributed by atoms with Crippen LogP contribution in [0.2, 0.25) is 0 Å². The smallest absolute Gasteiger partial charge is 0.129 e. The number of hydrazine groups is 1. The van der Waals surface area contributed by atoms with Gasteiger partial charge in [0.2, 0.25) is 0 Å².